The zero-order valence-electron chi connectivity index (χ0n) is 12.8. The molecule has 0 amide bonds. The van der Waals surface area contributed by atoms with E-state index in [2.05, 4.69) is 55.0 Å². The van der Waals surface area contributed by atoms with E-state index in [1.54, 1.807) is 0 Å². The quantitative estimate of drug-likeness (QED) is 0.916. The SMILES string of the molecule is CC(NCC1(C)CCCC1)c1nc2ccccc2n1C. The van der Waals surface area contributed by atoms with Crippen molar-refractivity contribution >= 4 is 11.0 Å². The third kappa shape index (κ3) is 2.47. The summed E-state index contributed by atoms with van der Waals surface area (Å²) in [4.78, 5) is 4.78. The molecular weight excluding hydrogens is 246 g/mol. The minimum atomic E-state index is 0.296. The van der Waals surface area contributed by atoms with Gasteiger partial charge in [0.2, 0.25) is 0 Å². The lowest BCUT2D eigenvalue weighted by Gasteiger charge is -2.26. The number of imidazole rings is 1. The van der Waals surface area contributed by atoms with Crippen molar-refractivity contribution in [3.8, 4) is 0 Å². The molecule has 1 aliphatic carbocycles. The van der Waals surface area contributed by atoms with Gasteiger partial charge in [-0.2, -0.15) is 0 Å². The van der Waals surface area contributed by atoms with Gasteiger partial charge in [-0.15, -0.1) is 0 Å². The van der Waals surface area contributed by atoms with Crippen LogP contribution in [0.3, 0.4) is 0 Å². The van der Waals surface area contributed by atoms with Gasteiger partial charge in [0.05, 0.1) is 17.1 Å². The summed E-state index contributed by atoms with van der Waals surface area (Å²) in [5.41, 5.74) is 2.78. The predicted molar refractivity (Wildman–Crippen MR) is 83.7 cm³/mol. The summed E-state index contributed by atoms with van der Waals surface area (Å²) in [6.07, 6.45) is 5.49. The number of rotatable bonds is 4. The molecule has 1 heterocycles. The summed E-state index contributed by atoms with van der Waals surface area (Å²) in [5.74, 6) is 1.13. The number of fused-ring (bicyclic) bond motifs is 1. The second-order valence-corrected chi connectivity index (χ2v) is 6.64. The van der Waals surface area contributed by atoms with Crippen molar-refractivity contribution in [2.75, 3.05) is 6.54 Å². The first-order valence-corrected chi connectivity index (χ1v) is 7.74. The number of para-hydroxylation sites is 2. The van der Waals surface area contributed by atoms with Gasteiger partial charge in [0.25, 0.3) is 0 Å². The maximum absolute atomic E-state index is 4.78. The van der Waals surface area contributed by atoms with E-state index >= 15 is 0 Å². The van der Waals surface area contributed by atoms with Crippen LogP contribution >= 0.6 is 0 Å². The molecule has 1 unspecified atom stereocenters. The lowest BCUT2D eigenvalue weighted by atomic mass is 9.88. The molecule has 1 N–H and O–H groups in total. The Kier molecular flexibility index (Phi) is 3.55. The highest BCUT2D eigenvalue weighted by molar-refractivity contribution is 5.75. The van der Waals surface area contributed by atoms with Crippen molar-refractivity contribution in [1.29, 1.82) is 0 Å². The normalized spacial score (nSPS) is 19.6. The van der Waals surface area contributed by atoms with Crippen LogP contribution in [0.15, 0.2) is 24.3 Å². The van der Waals surface area contributed by atoms with Gasteiger partial charge >= 0.3 is 0 Å². The van der Waals surface area contributed by atoms with E-state index in [1.807, 2.05) is 0 Å². The zero-order valence-corrected chi connectivity index (χ0v) is 12.8. The molecule has 3 rings (SSSR count). The summed E-state index contributed by atoms with van der Waals surface area (Å²) in [5, 5.41) is 3.70. The van der Waals surface area contributed by atoms with Gasteiger partial charge in [-0.25, -0.2) is 4.98 Å². The Balaban J connectivity index is 1.75. The summed E-state index contributed by atoms with van der Waals surface area (Å²) in [7, 11) is 2.11. The van der Waals surface area contributed by atoms with Gasteiger partial charge in [-0.3, -0.25) is 0 Å². The van der Waals surface area contributed by atoms with Crippen LogP contribution in [-0.4, -0.2) is 16.1 Å². The fourth-order valence-corrected chi connectivity index (χ4v) is 3.45. The number of aryl methyl sites for hydroxylation is 1. The largest absolute Gasteiger partial charge is 0.330 e. The van der Waals surface area contributed by atoms with E-state index in [-0.39, 0.29) is 0 Å². The molecular formula is C17H25N3. The van der Waals surface area contributed by atoms with Crippen LogP contribution in [0.5, 0.6) is 0 Å². The Bertz CT molecular complexity index is 593. The van der Waals surface area contributed by atoms with Crippen molar-refractivity contribution < 1.29 is 0 Å². The van der Waals surface area contributed by atoms with E-state index in [0.717, 1.165) is 17.9 Å². The zero-order chi connectivity index (χ0) is 14.2. The highest BCUT2D eigenvalue weighted by Gasteiger charge is 2.29. The minimum absolute atomic E-state index is 0.296. The third-order valence-corrected chi connectivity index (χ3v) is 4.85. The van der Waals surface area contributed by atoms with E-state index < -0.39 is 0 Å². The van der Waals surface area contributed by atoms with Crippen molar-refractivity contribution in [2.24, 2.45) is 12.5 Å². The Morgan fingerprint density at radius 2 is 2.00 bits per heavy atom. The molecule has 0 saturated heterocycles. The second-order valence-electron chi connectivity index (χ2n) is 6.64. The van der Waals surface area contributed by atoms with Gasteiger partial charge in [0, 0.05) is 13.6 Å². The van der Waals surface area contributed by atoms with E-state index in [1.165, 1.54) is 31.2 Å². The van der Waals surface area contributed by atoms with Crippen molar-refractivity contribution in [2.45, 2.75) is 45.6 Å². The van der Waals surface area contributed by atoms with Crippen LogP contribution in [-0.2, 0) is 7.05 Å². The Morgan fingerprint density at radius 1 is 1.30 bits per heavy atom. The predicted octanol–water partition coefficient (Wildman–Crippen LogP) is 3.80. The van der Waals surface area contributed by atoms with E-state index in [4.69, 9.17) is 4.98 Å². The molecule has 0 spiro atoms. The van der Waals surface area contributed by atoms with Crippen LogP contribution in [0.25, 0.3) is 11.0 Å². The molecule has 1 saturated carbocycles. The Hall–Kier alpha value is -1.35. The molecule has 3 nitrogen and oxygen atoms in total. The number of nitrogens with zero attached hydrogens (tertiary/aromatic N) is 2. The van der Waals surface area contributed by atoms with Gasteiger partial charge < -0.3 is 9.88 Å². The maximum Gasteiger partial charge on any atom is 0.126 e. The second kappa shape index (κ2) is 5.21. The smallest absolute Gasteiger partial charge is 0.126 e. The monoisotopic (exact) mass is 271 g/mol. The number of aromatic nitrogens is 2. The van der Waals surface area contributed by atoms with Crippen LogP contribution in [0.2, 0.25) is 0 Å². The van der Waals surface area contributed by atoms with E-state index in [0.29, 0.717) is 11.5 Å². The molecule has 1 atom stereocenters. The maximum atomic E-state index is 4.78. The average molecular weight is 271 g/mol. The van der Waals surface area contributed by atoms with Gasteiger partial charge in [0.1, 0.15) is 5.82 Å². The Labute approximate surface area is 121 Å². The van der Waals surface area contributed by atoms with Crippen LogP contribution in [0.1, 0.15) is 51.4 Å². The van der Waals surface area contributed by atoms with Crippen molar-refractivity contribution in [3.63, 3.8) is 0 Å². The van der Waals surface area contributed by atoms with E-state index in [9.17, 15) is 0 Å². The molecule has 20 heavy (non-hydrogen) atoms. The van der Waals surface area contributed by atoms with Gasteiger partial charge in [-0.1, -0.05) is 31.9 Å². The highest BCUT2D eigenvalue weighted by atomic mass is 15.1. The standard InChI is InChI=1S/C17H25N3/c1-13(18-12-17(2)10-6-7-11-17)16-19-14-8-4-5-9-15(14)20(16)3/h4-5,8-9,13,18H,6-7,10-12H2,1-3H3. The molecule has 0 radical (unpaired) electrons. The lowest BCUT2D eigenvalue weighted by Crippen LogP contribution is -2.32. The molecule has 0 aliphatic heterocycles. The van der Waals surface area contributed by atoms with Gasteiger partial charge in [0.15, 0.2) is 0 Å². The molecule has 1 aromatic carbocycles. The molecule has 0 bridgehead atoms. The first-order valence-electron chi connectivity index (χ1n) is 7.74. The minimum Gasteiger partial charge on any atom is -0.330 e. The van der Waals surface area contributed by atoms with Gasteiger partial charge in [-0.05, 0) is 37.3 Å². The van der Waals surface area contributed by atoms with Crippen molar-refractivity contribution in [1.82, 2.24) is 14.9 Å². The topological polar surface area (TPSA) is 29.9 Å². The number of hydrogen-bond acceptors (Lipinski definition) is 2. The van der Waals surface area contributed by atoms with Crippen molar-refractivity contribution in [3.05, 3.63) is 30.1 Å². The number of hydrogen-bond donors (Lipinski definition) is 1. The molecule has 1 aliphatic rings. The fourth-order valence-electron chi connectivity index (χ4n) is 3.45. The number of nitrogens with one attached hydrogen (secondary N) is 1. The first-order chi connectivity index (χ1) is 9.59. The summed E-state index contributed by atoms with van der Waals surface area (Å²) < 4.78 is 2.21. The molecule has 2 aromatic rings. The number of benzene rings is 1. The molecule has 108 valence electrons. The molecule has 3 heteroatoms. The van der Waals surface area contributed by atoms with Crippen LogP contribution < -0.4 is 5.32 Å². The summed E-state index contributed by atoms with van der Waals surface area (Å²) in [6.45, 7) is 5.73. The average Bonchev–Trinajstić information content (AvgIpc) is 3.02. The van der Waals surface area contributed by atoms with Crippen LogP contribution in [0.4, 0.5) is 0 Å². The summed E-state index contributed by atoms with van der Waals surface area (Å²) >= 11 is 0. The fraction of sp³-hybridized carbons (Fsp3) is 0.588. The summed E-state index contributed by atoms with van der Waals surface area (Å²) in [6, 6.07) is 8.65. The highest BCUT2D eigenvalue weighted by Crippen LogP contribution is 2.37. The lowest BCUT2D eigenvalue weighted by molar-refractivity contribution is 0.298. The Morgan fingerprint density at radius 3 is 2.70 bits per heavy atom. The first kappa shape index (κ1) is 13.6. The van der Waals surface area contributed by atoms with Crippen LogP contribution in [0, 0.1) is 5.41 Å². The molecule has 1 aromatic heterocycles. The third-order valence-electron chi connectivity index (χ3n) is 4.85. The molecule has 1 fully saturated rings.